The first-order chi connectivity index (χ1) is 8.41. The lowest BCUT2D eigenvalue weighted by molar-refractivity contribution is -0.609. The van der Waals surface area contributed by atoms with Gasteiger partial charge in [0.15, 0.2) is 0 Å². The first-order valence-electron chi connectivity index (χ1n) is 5.05. The van der Waals surface area contributed by atoms with Crippen LogP contribution in [0.25, 0.3) is 5.57 Å². The Morgan fingerprint density at radius 2 is 2.17 bits per heavy atom. The second-order valence-electron chi connectivity index (χ2n) is 3.72. The summed E-state index contributed by atoms with van der Waals surface area (Å²) in [6, 6.07) is 2.67. The lowest BCUT2D eigenvalue weighted by Crippen LogP contribution is -2.31. The minimum absolute atomic E-state index is 0.229. The van der Waals surface area contributed by atoms with Gasteiger partial charge in [0.05, 0.1) is 16.5 Å². The Morgan fingerprint density at radius 1 is 1.50 bits per heavy atom. The highest BCUT2D eigenvalue weighted by Gasteiger charge is 2.23. The van der Waals surface area contributed by atoms with Gasteiger partial charge in [-0.2, -0.15) is 4.73 Å². The molecule has 2 heterocycles. The molecular weight excluding hydrogens is 256 g/mol. The van der Waals surface area contributed by atoms with Gasteiger partial charge in [-0.25, -0.2) is 0 Å². The van der Waals surface area contributed by atoms with Crippen LogP contribution < -0.4 is 4.73 Å². The molecule has 7 heteroatoms. The fourth-order valence-electron chi connectivity index (χ4n) is 1.43. The van der Waals surface area contributed by atoms with Crippen LogP contribution in [0.3, 0.4) is 0 Å². The molecule has 0 amide bonds. The van der Waals surface area contributed by atoms with Gasteiger partial charge in [0.1, 0.15) is 10.7 Å². The number of furan rings is 1. The minimum Gasteiger partial charge on any atom is -0.617 e. The zero-order valence-corrected chi connectivity index (χ0v) is 10.6. The van der Waals surface area contributed by atoms with Crippen molar-refractivity contribution in [2.45, 2.75) is 13.8 Å². The molecule has 0 aromatic carbocycles. The highest BCUT2D eigenvalue weighted by atomic mass is 32.1. The molecule has 2 rings (SSSR count). The lowest BCUT2D eigenvalue weighted by atomic mass is 10.2. The molecule has 0 saturated carbocycles. The quantitative estimate of drug-likeness (QED) is 0.370. The van der Waals surface area contributed by atoms with Gasteiger partial charge in [0.2, 0.25) is 5.69 Å². The predicted molar refractivity (Wildman–Crippen MR) is 66.3 cm³/mol. The molecule has 0 N–H and O–H groups in total. The van der Waals surface area contributed by atoms with Crippen LogP contribution in [0.4, 0.5) is 5.88 Å². The van der Waals surface area contributed by atoms with Crippen molar-refractivity contribution in [1.82, 2.24) is 0 Å². The SMILES string of the molecule is C=C(c1ccc([N+](=O)[O-])o1)c1sc(C)c(C)[n+]1[O-]. The van der Waals surface area contributed by atoms with Crippen LogP contribution in [-0.2, 0) is 0 Å². The Labute approximate surface area is 107 Å². The first-order valence-corrected chi connectivity index (χ1v) is 5.87. The maximum absolute atomic E-state index is 11.8. The van der Waals surface area contributed by atoms with Crippen molar-refractivity contribution in [3.8, 4) is 0 Å². The van der Waals surface area contributed by atoms with Crippen molar-refractivity contribution >= 4 is 22.8 Å². The normalized spacial score (nSPS) is 10.6. The van der Waals surface area contributed by atoms with E-state index in [4.69, 9.17) is 4.42 Å². The second kappa shape index (κ2) is 4.26. The lowest BCUT2D eigenvalue weighted by Gasteiger charge is -1.99. The average Bonchev–Trinajstić information content (AvgIpc) is 2.90. The maximum Gasteiger partial charge on any atom is 0.433 e. The fraction of sp³-hybridized carbons (Fsp3) is 0.182. The Kier molecular flexibility index (Phi) is 2.92. The number of hydrogen-bond acceptors (Lipinski definition) is 5. The van der Waals surface area contributed by atoms with E-state index in [1.807, 2.05) is 6.92 Å². The average molecular weight is 266 g/mol. The molecule has 2 aromatic heterocycles. The Balaban J connectivity index is 2.41. The summed E-state index contributed by atoms with van der Waals surface area (Å²) in [6.45, 7) is 7.29. The second-order valence-corrected chi connectivity index (χ2v) is 4.92. The summed E-state index contributed by atoms with van der Waals surface area (Å²) in [5.41, 5.74) is 0.941. The van der Waals surface area contributed by atoms with Gasteiger partial charge in [0.25, 0.3) is 5.01 Å². The van der Waals surface area contributed by atoms with Gasteiger partial charge in [-0.15, -0.1) is 0 Å². The van der Waals surface area contributed by atoms with E-state index < -0.39 is 4.92 Å². The third-order valence-electron chi connectivity index (χ3n) is 2.58. The summed E-state index contributed by atoms with van der Waals surface area (Å²) in [5.74, 6) is -0.138. The van der Waals surface area contributed by atoms with Crippen LogP contribution >= 0.6 is 11.3 Å². The van der Waals surface area contributed by atoms with Crippen LogP contribution in [0.15, 0.2) is 23.1 Å². The first kappa shape index (κ1) is 12.3. The molecule has 0 saturated heterocycles. The van der Waals surface area contributed by atoms with E-state index in [1.165, 1.54) is 23.5 Å². The summed E-state index contributed by atoms with van der Waals surface area (Å²) in [5, 5.41) is 22.7. The van der Waals surface area contributed by atoms with Crippen molar-refractivity contribution in [1.29, 1.82) is 0 Å². The van der Waals surface area contributed by atoms with E-state index in [0.29, 0.717) is 16.3 Å². The van der Waals surface area contributed by atoms with Crippen LogP contribution in [0, 0.1) is 29.2 Å². The smallest absolute Gasteiger partial charge is 0.433 e. The van der Waals surface area contributed by atoms with Crippen LogP contribution in [0.5, 0.6) is 0 Å². The number of aryl methyl sites for hydroxylation is 1. The minimum atomic E-state index is -0.632. The van der Waals surface area contributed by atoms with E-state index >= 15 is 0 Å². The van der Waals surface area contributed by atoms with E-state index in [2.05, 4.69) is 6.58 Å². The number of thiazole rings is 1. The van der Waals surface area contributed by atoms with Gasteiger partial charge in [-0.05, 0) is 13.0 Å². The zero-order chi connectivity index (χ0) is 13.4. The van der Waals surface area contributed by atoms with Crippen molar-refractivity contribution in [2.24, 2.45) is 0 Å². The third kappa shape index (κ3) is 1.88. The van der Waals surface area contributed by atoms with Gasteiger partial charge < -0.3 is 9.62 Å². The largest absolute Gasteiger partial charge is 0.617 e. The molecule has 0 aliphatic heterocycles. The predicted octanol–water partition coefficient (Wildman–Crippen LogP) is 2.56. The Hall–Kier alpha value is -2.15. The number of aromatic nitrogens is 1. The summed E-state index contributed by atoms with van der Waals surface area (Å²) in [6.07, 6.45) is 0. The molecule has 0 fully saturated rings. The molecule has 0 aliphatic carbocycles. The third-order valence-corrected chi connectivity index (χ3v) is 3.78. The van der Waals surface area contributed by atoms with E-state index in [0.717, 1.165) is 9.61 Å². The van der Waals surface area contributed by atoms with Gasteiger partial charge in [-0.3, -0.25) is 10.1 Å². The van der Waals surface area contributed by atoms with Crippen molar-refractivity contribution in [3.63, 3.8) is 0 Å². The molecule has 0 radical (unpaired) electrons. The zero-order valence-electron chi connectivity index (χ0n) is 9.80. The van der Waals surface area contributed by atoms with Crippen molar-refractivity contribution < 1.29 is 14.1 Å². The molecule has 2 aromatic rings. The molecular formula is C11H10N2O4S. The highest BCUT2D eigenvalue weighted by molar-refractivity contribution is 7.12. The summed E-state index contributed by atoms with van der Waals surface area (Å²) >= 11 is 1.28. The number of rotatable bonds is 3. The molecule has 18 heavy (non-hydrogen) atoms. The molecule has 0 aliphatic rings. The number of nitro groups is 1. The Morgan fingerprint density at radius 3 is 2.61 bits per heavy atom. The van der Waals surface area contributed by atoms with Crippen LogP contribution in [0.1, 0.15) is 21.3 Å². The summed E-state index contributed by atoms with van der Waals surface area (Å²) in [4.78, 5) is 10.8. The van der Waals surface area contributed by atoms with Gasteiger partial charge in [-0.1, -0.05) is 17.9 Å². The summed E-state index contributed by atoms with van der Waals surface area (Å²) in [7, 11) is 0. The molecule has 0 unspecified atom stereocenters. The summed E-state index contributed by atoms with van der Waals surface area (Å²) < 4.78 is 5.78. The topological polar surface area (TPSA) is 83.2 Å². The fourth-order valence-corrected chi connectivity index (χ4v) is 2.40. The number of nitrogens with zero attached hydrogens (tertiary/aromatic N) is 2. The van der Waals surface area contributed by atoms with E-state index in [-0.39, 0.29) is 11.6 Å². The Bertz CT molecular complexity index is 642. The molecule has 6 nitrogen and oxygen atoms in total. The van der Waals surface area contributed by atoms with E-state index in [9.17, 15) is 15.3 Å². The highest BCUT2D eigenvalue weighted by Crippen LogP contribution is 2.29. The monoisotopic (exact) mass is 266 g/mol. The van der Waals surface area contributed by atoms with Gasteiger partial charge in [0, 0.05) is 6.92 Å². The molecule has 0 bridgehead atoms. The maximum atomic E-state index is 11.8. The molecule has 94 valence electrons. The molecule has 0 atom stereocenters. The van der Waals surface area contributed by atoms with Crippen LogP contribution in [0.2, 0.25) is 0 Å². The standard InChI is InChI=1S/C11H10N2O4S/c1-6(9-4-5-10(17-9)13(15)16)11-12(14)7(2)8(3)18-11/h4-5H,1H2,2-3H3. The van der Waals surface area contributed by atoms with Crippen LogP contribution in [-0.4, -0.2) is 4.92 Å². The van der Waals surface area contributed by atoms with Gasteiger partial charge >= 0.3 is 5.88 Å². The van der Waals surface area contributed by atoms with Crippen molar-refractivity contribution in [2.75, 3.05) is 0 Å². The number of hydrogen-bond donors (Lipinski definition) is 0. The van der Waals surface area contributed by atoms with Crippen molar-refractivity contribution in [3.05, 3.63) is 55.4 Å². The van der Waals surface area contributed by atoms with E-state index in [1.54, 1.807) is 6.92 Å². The molecule has 0 spiro atoms.